The summed E-state index contributed by atoms with van der Waals surface area (Å²) in [5.74, 6) is -0.892. The molecule has 0 bridgehead atoms. The van der Waals surface area contributed by atoms with Crippen LogP contribution in [0.2, 0.25) is 0 Å². The molecular weight excluding hydrogens is 455 g/mol. The maximum absolute atomic E-state index is 13.6. The van der Waals surface area contributed by atoms with Crippen LogP contribution in [0.3, 0.4) is 0 Å². The second kappa shape index (κ2) is 8.50. The smallest absolute Gasteiger partial charge is 0.336 e. The van der Waals surface area contributed by atoms with Crippen LogP contribution in [0.5, 0.6) is 0 Å². The zero-order valence-corrected chi connectivity index (χ0v) is 17.9. The summed E-state index contributed by atoms with van der Waals surface area (Å²) in [6, 6.07) is 3.93. The highest BCUT2D eigenvalue weighted by molar-refractivity contribution is 7.89. The van der Waals surface area contributed by atoms with E-state index in [0.717, 1.165) is 32.2 Å². The standard InChI is InChI=1S/C18H20F3N5O5S/c1-12(2)25-16(18(19,20)21)15(11-22-25)17(27)23-6-8-24(9-7-23)32(30,31)14-5-3-4-13(10-14)26(28)29/h3-5,10-12H,6-9H2,1-2H3. The summed E-state index contributed by atoms with van der Waals surface area (Å²) in [4.78, 5) is 23.8. The lowest BCUT2D eigenvalue weighted by atomic mass is 10.2. The molecule has 0 unspecified atom stereocenters. The summed E-state index contributed by atoms with van der Waals surface area (Å²) < 4.78 is 68.1. The molecule has 0 radical (unpaired) electrons. The van der Waals surface area contributed by atoms with Gasteiger partial charge in [0.2, 0.25) is 10.0 Å². The van der Waals surface area contributed by atoms with Crippen molar-refractivity contribution in [3.8, 4) is 0 Å². The summed E-state index contributed by atoms with van der Waals surface area (Å²) in [5, 5.41) is 14.6. The highest BCUT2D eigenvalue weighted by atomic mass is 32.2. The molecule has 0 saturated carbocycles. The van der Waals surface area contributed by atoms with Gasteiger partial charge in [0.1, 0.15) is 0 Å². The van der Waals surface area contributed by atoms with E-state index in [0.29, 0.717) is 0 Å². The van der Waals surface area contributed by atoms with Gasteiger partial charge < -0.3 is 4.90 Å². The Kier molecular flexibility index (Phi) is 6.29. The van der Waals surface area contributed by atoms with Gasteiger partial charge in [-0.2, -0.15) is 22.6 Å². The first-order chi connectivity index (χ1) is 14.8. The number of benzene rings is 1. The number of carbonyl (C=O) groups is 1. The molecule has 0 spiro atoms. The fraction of sp³-hybridized carbons (Fsp3) is 0.444. The highest BCUT2D eigenvalue weighted by Crippen LogP contribution is 2.34. The number of hydrogen-bond donors (Lipinski definition) is 0. The van der Waals surface area contributed by atoms with Crippen LogP contribution >= 0.6 is 0 Å². The maximum atomic E-state index is 13.6. The molecule has 1 fully saturated rings. The molecule has 174 valence electrons. The first-order valence-electron chi connectivity index (χ1n) is 9.52. The number of aromatic nitrogens is 2. The SMILES string of the molecule is CC(C)n1ncc(C(=O)N2CCN(S(=O)(=O)c3cccc([N+](=O)[O-])c3)CC2)c1C(F)(F)F. The van der Waals surface area contributed by atoms with Gasteiger partial charge in [0.15, 0.2) is 5.69 Å². The molecule has 0 aliphatic carbocycles. The van der Waals surface area contributed by atoms with E-state index in [1.165, 1.54) is 26.0 Å². The van der Waals surface area contributed by atoms with Crippen molar-refractivity contribution in [2.75, 3.05) is 26.2 Å². The fourth-order valence-corrected chi connectivity index (χ4v) is 4.86. The average Bonchev–Trinajstić information content (AvgIpc) is 3.19. The lowest BCUT2D eigenvalue weighted by Crippen LogP contribution is -2.50. The van der Waals surface area contributed by atoms with Gasteiger partial charge in [-0.15, -0.1) is 0 Å². The molecule has 1 saturated heterocycles. The van der Waals surface area contributed by atoms with Gasteiger partial charge in [-0.3, -0.25) is 19.6 Å². The Morgan fingerprint density at radius 2 is 1.81 bits per heavy atom. The summed E-state index contributed by atoms with van der Waals surface area (Å²) in [6.45, 7) is 2.39. The molecule has 14 heteroatoms. The number of nitro groups is 1. The van der Waals surface area contributed by atoms with E-state index in [1.54, 1.807) is 0 Å². The second-order valence-corrected chi connectivity index (χ2v) is 9.33. The van der Waals surface area contributed by atoms with Crippen LogP contribution in [-0.4, -0.2) is 64.4 Å². The molecule has 2 aromatic rings. The Morgan fingerprint density at radius 3 is 2.34 bits per heavy atom. The third kappa shape index (κ3) is 4.46. The second-order valence-electron chi connectivity index (χ2n) is 7.39. The zero-order chi connectivity index (χ0) is 23.8. The highest BCUT2D eigenvalue weighted by Gasteiger charge is 2.42. The number of amides is 1. The first kappa shape index (κ1) is 23.7. The van der Waals surface area contributed by atoms with E-state index in [2.05, 4.69) is 5.10 Å². The summed E-state index contributed by atoms with van der Waals surface area (Å²) in [7, 11) is -4.08. The van der Waals surface area contributed by atoms with Crippen molar-refractivity contribution < 1.29 is 31.3 Å². The summed E-state index contributed by atoms with van der Waals surface area (Å²) in [6.07, 6.45) is -3.92. The number of hydrogen-bond acceptors (Lipinski definition) is 6. The average molecular weight is 475 g/mol. The molecule has 32 heavy (non-hydrogen) atoms. The minimum atomic E-state index is -4.79. The van der Waals surface area contributed by atoms with Gasteiger partial charge in [-0.1, -0.05) is 6.07 Å². The first-order valence-corrected chi connectivity index (χ1v) is 11.0. The number of alkyl halides is 3. The fourth-order valence-electron chi connectivity index (χ4n) is 3.40. The molecule has 3 rings (SSSR count). The van der Waals surface area contributed by atoms with Crippen molar-refractivity contribution in [1.29, 1.82) is 0 Å². The van der Waals surface area contributed by atoms with Gasteiger partial charge in [-0.05, 0) is 19.9 Å². The lowest BCUT2D eigenvalue weighted by Gasteiger charge is -2.34. The van der Waals surface area contributed by atoms with Crippen LogP contribution in [0, 0.1) is 10.1 Å². The number of sulfonamides is 1. The summed E-state index contributed by atoms with van der Waals surface area (Å²) in [5.41, 5.74) is -2.13. The van der Waals surface area contributed by atoms with Crippen LogP contribution in [0.4, 0.5) is 18.9 Å². The van der Waals surface area contributed by atoms with Crippen LogP contribution in [-0.2, 0) is 16.2 Å². The third-order valence-corrected chi connectivity index (χ3v) is 6.87. The van der Waals surface area contributed by atoms with Crippen LogP contribution in [0.1, 0.15) is 35.9 Å². The predicted octanol–water partition coefficient (Wildman–Crippen LogP) is 2.54. The van der Waals surface area contributed by atoms with E-state index in [1.807, 2.05) is 0 Å². The number of nitro benzene ring substituents is 1. The van der Waals surface area contributed by atoms with E-state index in [4.69, 9.17) is 0 Å². The van der Waals surface area contributed by atoms with Crippen LogP contribution < -0.4 is 0 Å². The molecule has 1 aromatic carbocycles. The van der Waals surface area contributed by atoms with Crippen molar-refractivity contribution >= 4 is 21.6 Å². The van der Waals surface area contributed by atoms with E-state index in [-0.39, 0.29) is 36.8 Å². The number of nitrogens with zero attached hydrogens (tertiary/aromatic N) is 5. The van der Waals surface area contributed by atoms with E-state index >= 15 is 0 Å². The van der Waals surface area contributed by atoms with Crippen LogP contribution in [0.15, 0.2) is 35.4 Å². The van der Waals surface area contributed by atoms with Crippen molar-refractivity contribution in [1.82, 2.24) is 19.0 Å². The number of non-ortho nitro benzene ring substituents is 1. The molecule has 0 N–H and O–H groups in total. The number of halogens is 3. The van der Waals surface area contributed by atoms with Gasteiger partial charge in [0.05, 0.1) is 21.6 Å². The molecule has 2 heterocycles. The van der Waals surface area contributed by atoms with Gasteiger partial charge in [0, 0.05) is 44.4 Å². The number of carbonyl (C=O) groups excluding carboxylic acids is 1. The monoisotopic (exact) mass is 475 g/mol. The van der Waals surface area contributed by atoms with Crippen molar-refractivity contribution in [3.63, 3.8) is 0 Å². The molecule has 1 aromatic heterocycles. The Hall–Kier alpha value is -3.00. The molecule has 1 aliphatic rings. The van der Waals surface area contributed by atoms with Gasteiger partial charge in [-0.25, -0.2) is 8.42 Å². The van der Waals surface area contributed by atoms with Crippen molar-refractivity contribution in [3.05, 3.63) is 51.8 Å². The number of rotatable bonds is 5. The van der Waals surface area contributed by atoms with E-state index in [9.17, 15) is 36.5 Å². The minimum absolute atomic E-state index is 0.142. The maximum Gasteiger partial charge on any atom is 0.433 e. The Labute approximate surface area is 181 Å². The van der Waals surface area contributed by atoms with Gasteiger partial charge >= 0.3 is 6.18 Å². The lowest BCUT2D eigenvalue weighted by molar-refractivity contribution is -0.385. The molecule has 1 aliphatic heterocycles. The van der Waals surface area contributed by atoms with Crippen LogP contribution in [0.25, 0.3) is 0 Å². The zero-order valence-electron chi connectivity index (χ0n) is 17.1. The predicted molar refractivity (Wildman–Crippen MR) is 105 cm³/mol. The van der Waals surface area contributed by atoms with Crippen molar-refractivity contribution in [2.24, 2.45) is 0 Å². The van der Waals surface area contributed by atoms with E-state index < -0.39 is 44.3 Å². The Balaban J connectivity index is 1.79. The van der Waals surface area contributed by atoms with Gasteiger partial charge in [0.25, 0.3) is 11.6 Å². The molecule has 1 amide bonds. The molecular formula is C18H20F3N5O5S. The number of piperazine rings is 1. The normalized spacial score (nSPS) is 15.9. The van der Waals surface area contributed by atoms with Crippen molar-refractivity contribution in [2.45, 2.75) is 31.0 Å². The topological polar surface area (TPSA) is 119 Å². The Morgan fingerprint density at radius 1 is 1.19 bits per heavy atom. The molecule has 0 atom stereocenters. The summed E-state index contributed by atoms with van der Waals surface area (Å²) >= 11 is 0. The minimum Gasteiger partial charge on any atom is -0.336 e. The quantitative estimate of drug-likeness (QED) is 0.484. The third-order valence-electron chi connectivity index (χ3n) is 4.98. The largest absolute Gasteiger partial charge is 0.433 e. The Bertz CT molecular complexity index is 1140. The molecule has 10 nitrogen and oxygen atoms in total.